The van der Waals surface area contributed by atoms with Crippen molar-refractivity contribution in [2.45, 2.75) is 12.8 Å². The third-order valence-electron chi connectivity index (χ3n) is 0.845. The zero-order chi connectivity index (χ0) is 7.28. The molecule has 0 aliphatic rings. The second-order valence-electron chi connectivity index (χ2n) is 1.64. The molecule has 0 radical (unpaired) electrons. The van der Waals surface area contributed by atoms with Crippen LogP contribution >= 0.6 is 0 Å². The van der Waals surface area contributed by atoms with E-state index >= 15 is 0 Å². The molecule has 4 nitrogen and oxygen atoms in total. The standard InChI is InChI=1S/C5H9NO3.Fe/c6-3-4(7)1-2-5(8)9;/h1-3,6H2,(H,8,9);. The zero-order valence-corrected chi connectivity index (χ0v) is 6.42. The van der Waals surface area contributed by atoms with Gasteiger partial charge in [-0.3, -0.25) is 9.59 Å². The Balaban J connectivity index is 0. The molecule has 0 bridgehead atoms. The summed E-state index contributed by atoms with van der Waals surface area (Å²) in [6.45, 7) is -0.0622. The predicted molar refractivity (Wildman–Crippen MR) is 30.9 cm³/mol. The molecule has 0 aromatic carbocycles. The van der Waals surface area contributed by atoms with Gasteiger partial charge in [0.1, 0.15) is 5.78 Å². The van der Waals surface area contributed by atoms with Gasteiger partial charge in [0.25, 0.3) is 0 Å². The molecular formula is C5H9FeNO3. The Hall–Kier alpha value is -0.381. The Bertz CT molecular complexity index is 126. The summed E-state index contributed by atoms with van der Waals surface area (Å²) in [5, 5.41) is 8.06. The van der Waals surface area contributed by atoms with E-state index in [1.807, 2.05) is 0 Å². The molecule has 0 spiro atoms. The van der Waals surface area contributed by atoms with E-state index in [2.05, 4.69) is 0 Å². The first-order valence-corrected chi connectivity index (χ1v) is 2.60. The van der Waals surface area contributed by atoms with Crippen molar-refractivity contribution in [1.29, 1.82) is 0 Å². The number of Topliss-reactive ketones (excluding diaryl/α,β-unsaturated/α-hetero) is 1. The molecule has 5 heteroatoms. The Kier molecular flexibility index (Phi) is 8.29. The Morgan fingerprint density at radius 1 is 1.30 bits per heavy atom. The van der Waals surface area contributed by atoms with E-state index in [1.54, 1.807) is 0 Å². The Labute approximate surface area is 69.3 Å². The van der Waals surface area contributed by atoms with Crippen LogP contribution in [0.5, 0.6) is 0 Å². The van der Waals surface area contributed by atoms with Gasteiger partial charge < -0.3 is 10.8 Å². The first-order valence-electron chi connectivity index (χ1n) is 2.60. The minimum atomic E-state index is -0.961. The van der Waals surface area contributed by atoms with Crippen LogP contribution in [0.1, 0.15) is 12.8 Å². The molecule has 0 rings (SSSR count). The fraction of sp³-hybridized carbons (Fsp3) is 0.600. The number of carboxylic acid groups (broad SMARTS) is 1. The van der Waals surface area contributed by atoms with Gasteiger partial charge in [-0.1, -0.05) is 0 Å². The molecule has 0 aliphatic carbocycles. The zero-order valence-electron chi connectivity index (χ0n) is 5.32. The van der Waals surface area contributed by atoms with E-state index in [-0.39, 0.29) is 42.2 Å². The average Bonchev–Trinajstić information content (AvgIpc) is 1.83. The summed E-state index contributed by atoms with van der Waals surface area (Å²) in [7, 11) is 0. The maximum Gasteiger partial charge on any atom is 0.303 e. The number of carbonyl (C=O) groups is 2. The first kappa shape index (κ1) is 12.3. The van der Waals surface area contributed by atoms with Crippen molar-refractivity contribution in [2.24, 2.45) is 5.73 Å². The van der Waals surface area contributed by atoms with Crippen molar-refractivity contribution < 1.29 is 31.8 Å². The second-order valence-corrected chi connectivity index (χ2v) is 1.64. The van der Waals surface area contributed by atoms with Crippen LogP contribution in [-0.4, -0.2) is 23.4 Å². The van der Waals surface area contributed by atoms with Crippen molar-refractivity contribution in [3.8, 4) is 0 Å². The molecule has 0 saturated heterocycles. The van der Waals surface area contributed by atoms with Crippen LogP contribution in [0.2, 0.25) is 0 Å². The van der Waals surface area contributed by atoms with Crippen molar-refractivity contribution in [3.63, 3.8) is 0 Å². The molecule has 0 unspecified atom stereocenters. The van der Waals surface area contributed by atoms with Crippen molar-refractivity contribution in [3.05, 3.63) is 0 Å². The third-order valence-corrected chi connectivity index (χ3v) is 0.845. The number of nitrogens with two attached hydrogens (primary N) is 1. The summed E-state index contributed by atoms with van der Waals surface area (Å²) in [5.41, 5.74) is 4.92. The molecule has 0 heterocycles. The Morgan fingerprint density at radius 2 is 1.80 bits per heavy atom. The minimum absolute atomic E-state index is 0. The van der Waals surface area contributed by atoms with Gasteiger partial charge >= 0.3 is 5.97 Å². The van der Waals surface area contributed by atoms with E-state index in [4.69, 9.17) is 10.8 Å². The minimum Gasteiger partial charge on any atom is -0.481 e. The molecule has 10 heavy (non-hydrogen) atoms. The fourth-order valence-corrected chi connectivity index (χ4v) is 0.348. The van der Waals surface area contributed by atoms with E-state index in [0.717, 1.165) is 0 Å². The van der Waals surface area contributed by atoms with Gasteiger partial charge in [-0.05, 0) is 0 Å². The Morgan fingerprint density at radius 3 is 2.10 bits per heavy atom. The molecule has 0 aromatic heterocycles. The van der Waals surface area contributed by atoms with Crippen molar-refractivity contribution >= 4 is 11.8 Å². The quantitative estimate of drug-likeness (QED) is 0.574. The average molecular weight is 187 g/mol. The van der Waals surface area contributed by atoms with Crippen LogP contribution in [0, 0.1) is 0 Å². The second kappa shape index (κ2) is 6.74. The van der Waals surface area contributed by atoms with Gasteiger partial charge in [0.15, 0.2) is 0 Å². The normalized spacial score (nSPS) is 8.10. The summed E-state index contributed by atoms with van der Waals surface area (Å²) in [4.78, 5) is 20.2. The van der Waals surface area contributed by atoms with E-state index in [1.165, 1.54) is 0 Å². The van der Waals surface area contributed by atoms with Crippen LogP contribution < -0.4 is 5.73 Å². The monoisotopic (exact) mass is 187 g/mol. The topological polar surface area (TPSA) is 80.4 Å². The largest absolute Gasteiger partial charge is 0.481 e. The number of carbonyl (C=O) groups excluding carboxylic acids is 1. The van der Waals surface area contributed by atoms with Crippen molar-refractivity contribution in [1.82, 2.24) is 0 Å². The molecule has 3 N–H and O–H groups in total. The number of carboxylic acids is 1. The molecule has 0 atom stereocenters. The molecule has 60 valence electrons. The predicted octanol–water partition coefficient (Wildman–Crippen LogP) is -0.624. The summed E-state index contributed by atoms with van der Waals surface area (Å²) < 4.78 is 0. The number of ketones is 1. The first-order chi connectivity index (χ1) is 4.16. The molecular weight excluding hydrogens is 178 g/mol. The van der Waals surface area contributed by atoms with Gasteiger partial charge in [0.05, 0.1) is 13.0 Å². The van der Waals surface area contributed by atoms with Crippen LogP contribution in [0.4, 0.5) is 0 Å². The van der Waals surface area contributed by atoms with Gasteiger partial charge in [-0.15, -0.1) is 0 Å². The van der Waals surface area contributed by atoms with Gasteiger partial charge in [-0.2, -0.15) is 0 Å². The molecule has 0 aromatic rings. The number of aliphatic carboxylic acids is 1. The molecule has 0 saturated carbocycles. The molecule has 0 amide bonds. The van der Waals surface area contributed by atoms with Gasteiger partial charge in [-0.25, -0.2) is 0 Å². The SMILES string of the molecule is NCC(=O)CCC(=O)O.[Fe]. The van der Waals surface area contributed by atoms with Gasteiger partial charge in [0, 0.05) is 23.5 Å². The van der Waals surface area contributed by atoms with E-state index < -0.39 is 5.97 Å². The fourth-order valence-electron chi connectivity index (χ4n) is 0.348. The summed E-state index contributed by atoms with van der Waals surface area (Å²) in [6.07, 6.45) is -0.0676. The van der Waals surface area contributed by atoms with Crippen LogP contribution in [0.3, 0.4) is 0 Å². The summed E-state index contributed by atoms with van der Waals surface area (Å²) in [6, 6.07) is 0. The van der Waals surface area contributed by atoms with Crippen molar-refractivity contribution in [2.75, 3.05) is 6.54 Å². The number of rotatable bonds is 4. The third kappa shape index (κ3) is 7.62. The molecule has 0 fully saturated rings. The smallest absolute Gasteiger partial charge is 0.303 e. The van der Waals surface area contributed by atoms with Crippen LogP contribution in [-0.2, 0) is 26.7 Å². The summed E-state index contributed by atoms with van der Waals surface area (Å²) >= 11 is 0. The van der Waals surface area contributed by atoms with Crippen LogP contribution in [0.25, 0.3) is 0 Å². The summed E-state index contributed by atoms with van der Waals surface area (Å²) in [5.74, 6) is -1.17. The van der Waals surface area contributed by atoms with E-state index in [0.29, 0.717) is 0 Å². The van der Waals surface area contributed by atoms with Crippen LogP contribution in [0.15, 0.2) is 0 Å². The molecule has 0 aliphatic heterocycles. The van der Waals surface area contributed by atoms with E-state index in [9.17, 15) is 9.59 Å². The maximum absolute atomic E-state index is 10.3. The maximum atomic E-state index is 10.3. The number of hydrogen-bond acceptors (Lipinski definition) is 3. The number of hydrogen-bond donors (Lipinski definition) is 2. The van der Waals surface area contributed by atoms with Gasteiger partial charge in [0.2, 0.25) is 0 Å².